The van der Waals surface area contributed by atoms with Gasteiger partial charge in [0.05, 0.1) is 16.9 Å². The lowest BCUT2D eigenvalue weighted by atomic mass is 9.78. The number of anilines is 1. The maximum Gasteiger partial charge on any atom is 0.269 e. The average molecular weight is 467 g/mol. The van der Waals surface area contributed by atoms with Gasteiger partial charge in [0.2, 0.25) is 11.8 Å². The van der Waals surface area contributed by atoms with E-state index in [1.807, 2.05) is 30.3 Å². The Balaban J connectivity index is 1.38. The minimum Gasteiger partial charge on any atom is -0.394 e. The Morgan fingerprint density at radius 1 is 1.00 bits per heavy atom. The second kappa shape index (κ2) is 10.2. The number of nitro groups is 1. The third kappa shape index (κ3) is 4.75. The number of non-ortho nitro benzene ring substituents is 1. The van der Waals surface area contributed by atoms with Crippen molar-refractivity contribution >= 4 is 23.2 Å². The van der Waals surface area contributed by atoms with Crippen molar-refractivity contribution in [3.63, 3.8) is 0 Å². The molecule has 1 saturated carbocycles. The molecule has 2 aliphatic rings. The minimum absolute atomic E-state index is 0.0367. The van der Waals surface area contributed by atoms with Crippen LogP contribution in [0.1, 0.15) is 31.2 Å². The highest BCUT2D eigenvalue weighted by atomic mass is 16.6. The number of hydrogen-bond donors (Lipinski definition) is 2. The number of piperazine rings is 1. The van der Waals surface area contributed by atoms with Crippen LogP contribution in [-0.2, 0) is 15.0 Å². The van der Waals surface area contributed by atoms with Gasteiger partial charge in [-0.15, -0.1) is 0 Å². The predicted octanol–water partition coefficient (Wildman–Crippen LogP) is 2.23. The number of hydrogen-bond acceptors (Lipinski definition) is 6. The number of carbonyl (C=O) groups is 2. The molecule has 1 unspecified atom stereocenters. The zero-order valence-corrected chi connectivity index (χ0v) is 19.1. The lowest BCUT2D eigenvalue weighted by molar-refractivity contribution is -0.384. The summed E-state index contributed by atoms with van der Waals surface area (Å²) in [5.74, 6) is -0.492. The molecular weight excluding hydrogens is 436 g/mol. The molecule has 2 aromatic carbocycles. The van der Waals surface area contributed by atoms with E-state index in [1.54, 1.807) is 17.0 Å². The summed E-state index contributed by atoms with van der Waals surface area (Å²) in [5, 5.41) is 23.7. The van der Waals surface area contributed by atoms with Crippen molar-refractivity contribution in [2.75, 3.05) is 37.7 Å². The lowest BCUT2D eigenvalue weighted by Crippen LogP contribution is -2.58. The molecular formula is C25H30N4O5. The highest BCUT2D eigenvalue weighted by molar-refractivity contribution is 5.93. The van der Waals surface area contributed by atoms with E-state index in [2.05, 4.69) is 10.2 Å². The first-order chi connectivity index (χ1) is 16.4. The zero-order valence-electron chi connectivity index (χ0n) is 19.1. The molecule has 2 aromatic rings. The molecule has 9 nitrogen and oxygen atoms in total. The SMILES string of the molecule is O=C(C(CO)NC(=O)C1(c2ccccc2)CCCC1)N1CCN(c2ccc([N+](=O)[O-])cc2)CC1. The van der Waals surface area contributed by atoms with Crippen LogP contribution in [0.3, 0.4) is 0 Å². The molecule has 0 radical (unpaired) electrons. The highest BCUT2D eigenvalue weighted by Crippen LogP contribution is 2.41. The third-order valence-corrected chi connectivity index (χ3v) is 7.02. The van der Waals surface area contributed by atoms with E-state index in [0.29, 0.717) is 26.2 Å². The molecule has 4 rings (SSSR count). The van der Waals surface area contributed by atoms with Gasteiger partial charge in [-0.2, -0.15) is 0 Å². The first kappa shape index (κ1) is 23.7. The van der Waals surface area contributed by atoms with E-state index in [4.69, 9.17) is 0 Å². The number of aliphatic hydroxyl groups excluding tert-OH is 1. The summed E-state index contributed by atoms with van der Waals surface area (Å²) in [5.41, 5.74) is 1.18. The van der Waals surface area contributed by atoms with Gasteiger partial charge < -0.3 is 20.2 Å². The van der Waals surface area contributed by atoms with Gasteiger partial charge in [-0.1, -0.05) is 43.2 Å². The summed E-state index contributed by atoms with van der Waals surface area (Å²) in [6.45, 7) is 1.53. The number of benzene rings is 2. The average Bonchev–Trinajstić information content (AvgIpc) is 3.39. The molecule has 1 aliphatic carbocycles. The van der Waals surface area contributed by atoms with Gasteiger partial charge >= 0.3 is 0 Å². The molecule has 34 heavy (non-hydrogen) atoms. The fraction of sp³-hybridized carbons (Fsp3) is 0.440. The topological polar surface area (TPSA) is 116 Å². The second-order valence-electron chi connectivity index (χ2n) is 8.95. The minimum atomic E-state index is -0.986. The standard InChI is InChI=1S/C25H30N4O5/c30-18-22(26-24(32)25(12-4-5-13-25)19-6-2-1-3-7-19)23(31)28-16-14-27(15-17-28)20-8-10-21(11-9-20)29(33)34/h1-3,6-11,22,30H,4-5,12-18H2,(H,26,32). The van der Waals surface area contributed by atoms with Crippen molar-refractivity contribution < 1.29 is 19.6 Å². The fourth-order valence-corrected chi connectivity index (χ4v) is 5.06. The molecule has 2 amide bonds. The van der Waals surface area contributed by atoms with Crippen LogP contribution in [0.5, 0.6) is 0 Å². The number of carbonyl (C=O) groups excluding carboxylic acids is 2. The first-order valence-electron chi connectivity index (χ1n) is 11.7. The van der Waals surface area contributed by atoms with E-state index in [-0.39, 0.29) is 17.5 Å². The maximum absolute atomic E-state index is 13.4. The second-order valence-corrected chi connectivity index (χ2v) is 8.95. The number of nitro benzene ring substituents is 1. The molecule has 0 spiro atoms. The first-order valence-corrected chi connectivity index (χ1v) is 11.7. The summed E-state index contributed by atoms with van der Waals surface area (Å²) >= 11 is 0. The number of nitrogens with one attached hydrogen (secondary N) is 1. The van der Waals surface area contributed by atoms with Crippen molar-refractivity contribution in [2.24, 2.45) is 0 Å². The van der Waals surface area contributed by atoms with Crippen molar-refractivity contribution in [3.05, 3.63) is 70.3 Å². The van der Waals surface area contributed by atoms with E-state index in [0.717, 1.165) is 36.9 Å². The predicted molar refractivity (Wildman–Crippen MR) is 127 cm³/mol. The number of nitrogens with zero attached hydrogens (tertiary/aromatic N) is 3. The molecule has 1 aliphatic heterocycles. The molecule has 2 N–H and O–H groups in total. The molecule has 0 bridgehead atoms. The van der Waals surface area contributed by atoms with Gasteiger partial charge in [-0.3, -0.25) is 19.7 Å². The van der Waals surface area contributed by atoms with Crippen LogP contribution >= 0.6 is 0 Å². The molecule has 1 saturated heterocycles. The van der Waals surface area contributed by atoms with Crippen LogP contribution in [0.25, 0.3) is 0 Å². The molecule has 2 fully saturated rings. The van der Waals surface area contributed by atoms with Crippen LogP contribution in [-0.4, -0.2) is 65.6 Å². The summed E-state index contributed by atoms with van der Waals surface area (Å²) < 4.78 is 0. The van der Waals surface area contributed by atoms with Gasteiger partial charge in [0.1, 0.15) is 6.04 Å². The van der Waals surface area contributed by atoms with E-state index >= 15 is 0 Å². The van der Waals surface area contributed by atoms with Gasteiger partial charge in [0, 0.05) is 44.0 Å². The summed E-state index contributed by atoms with van der Waals surface area (Å²) in [4.78, 5) is 40.7. The third-order valence-electron chi connectivity index (χ3n) is 7.02. The quantitative estimate of drug-likeness (QED) is 0.478. The monoisotopic (exact) mass is 466 g/mol. The largest absolute Gasteiger partial charge is 0.394 e. The van der Waals surface area contributed by atoms with Gasteiger partial charge in [-0.05, 0) is 30.5 Å². The van der Waals surface area contributed by atoms with Crippen molar-refractivity contribution in [1.29, 1.82) is 0 Å². The molecule has 1 atom stereocenters. The van der Waals surface area contributed by atoms with Crippen LogP contribution in [0.2, 0.25) is 0 Å². The van der Waals surface area contributed by atoms with Crippen LogP contribution in [0.15, 0.2) is 54.6 Å². The van der Waals surface area contributed by atoms with Crippen molar-refractivity contribution in [2.45, 2.75) is 37.1 Å². The lowest BCUT2D eigenvalue weighted by Gasteiger charge is -2.38. The Hall–Kier alpha value is -3.46. The van der Waals surface area contributed by atoms with Crippen molar-refractivity contribution in [1.82, 2.24) is 10.2 Å². The van der Waals surface area contributed by atoms with Gasteiger partial charge in [0.15, 0.2) is 0 Å². The number of amides is 2. The molecule has 9 heteroatoms. The smallest absolute Gasteiger partial charge is 0.269 e. The molecule has 1 heterocycles. The van der Waals surface area contributed by atoms with E-state index in [9.17, 15) is 24.8 Å². The summed E-state index contributed by atoms with van der Waals surface area (Å²) in [6, 6.07) is 15.0. The summed E-state index contributed by atoms with van der Waals surface area (Å²) in [6.07, 6.45) is 3.35. The van der Waals surface area contributed by atoms with Crippen LogP contribution in [0.4, 0.5) is 11.4 Å². The van der Waals surface area contributed by atoms with E-state index in [1.165, 1.54) is 12.1 Å². The van der Waals surface area contributed by atoms with Crippen LogP contribution in [0, 0.1) is 10.1 Å². The fourth-order valence-electron chi connectivity index (χ4n) is 5.06. The van der Waals surface area contributed by atoms with Gasteiger partial charge in [0.25, 0.3) is 5.69 Å². The Bertz CT molecular complexity index is 1010. The summed E-state index contributed by atoms with van der Waals surface area (Å²) in [7, 11) is 0. The maximum atomic E-state index is 13.4. The molecule has 0 aromatic heterocycles. The Kier molecular flexibility index (Phi) is 7.12. The highest BCUT2D eigenvalue weighted by Gasteiger charge is 2.44. The molecule has 180 valence electrons. The van der Waals surface area contributed by atoms with Crippen LogP contribution < -0.4 is 10.2 Å². The Labute approximate surface area is 198 Å². The Morgan fingerprint density at radius 3 is 2.18 bits per heavy atom. The zero-order chi connectivity index (χ0) is 24.1. The van der Waals surface area contributed by atoms with Crippen molar-refractivity contribution in [3.8, 4) is 0 Å². The normalized spacial score (nSPS) is 18.4. The van der Waals surface area contributed by atoms with E-state index < -0.39 is 23.0 Å². The number of aliphatic hydroxyl groups is 1. The number of rotatable bonds is 7. The Morgan fingerprint density at radius 2 is 1.62 bits per heavy atom. The van der Waals surface area contributed by atoms with Gasteiger partial charge in [-0.25, -0.2) is 0 Å².